The fourth-order valence-corrected chi connectivity index (χ4v) is 2.84. The summed E-state index contributed by atoms with van der Waals surface area (Å²) in [6.07, 6.45) is 0. The van der Waals surface area contributed by atoms with E-state index in [1.165, 1.54) is 0 Å². The number of ether oxygens (including phenoxy) is 1. The Morgan fingerprint density at radius 2 is 1.50 bits per heavy atom. The molecular weight excluding hydrogens is 352 g/mol. The minimum atomic E-state index is -0.253. The highest BCUT2D eigenvalue weighted by Crippen LogP contribution is 2.24. The largest absolute Gasteiger partial charge is 0.495 e. The fraction of sp³-hybridized carbons (Fsp3) is 0.130. The quantitative estimate of drug-likeness (QED) is 0.673. The first-order valence-corrected chi connectivity index (χ1v) is 8.91. The van der Waals surface area contributed by atoms with Crippen molar-refractivity contribution >= 4 is 23.2 Å². The molecule has 28 heavy (non-hydrogen) atoms. The molecule has 3 aromatic carbocycles. The fourth-order valence-electron chi connectivity index (χ4n) is 2.84. The van der Waals surface area contributed by atoms with Gasteiger partial charge in [-0.05, 0) is 67.4 Å². The molecule has 0 aliphatic carbocycles. The molecular formula is C23H22N2O3. The molecule has 0 aliphatic rings. The van der Waals surface area contributed by atoms with Crippen molar-refractivity contribution in [2.75, 3.05) is 17.7 Å². The van der Waals surface area contributed by atoms with Crippen LogP contribution in [0.2, 0.25) is 0 Å². The summed E-state index contributed by atoms with van der Waals surface area (Å²) in [4.78, 5) is 25.0. The molecule has 0 aromatic heterocycles. The second-order valence-corrected chi connectivity index (χ2v) is 6.43. The van der Waals surface area contributed by atoms with Crippen LogP contribution in [0.3, 0.4) is 0 Å². The average molecular weight is 374 g/mol. The van der Waals surface area contributed by atoms with Gasteiger partial charge in [0.05, 0.1) is 12.8 Å². The van der Waals surface area contributed by atoms with Crippen molar-refractivity contribution in [1.29, 1.82) is 0 Å². The standard InChI is InChI=1S/C23H22N2O3/c1-15-7-6-8-19(16(15)2)23(27)24-18-13-11-17(12-14-18)22(26)25-20-9-4-5-10-21(20)28-3/h4-14H,1-3H3,(H,24,27)(H,25,26). The second-order valence-electron chi connectivity index (χ2n) is 6.43. The Balaban J connectivity index is 1.70. The minimum absolute atomic E-state index is 0.174. The summed E-state index contributed by atoms with van der Waals surface area (Å²) in [5.74, 6) is 0.164. The van der Waals surface area contributed by atoms with Gasteiger partial charge < -0.3 is 15.4 Å². The number of benzene rings is 3. The number of aryl methyl sites for hydroxylation is 1. The summed E-state index contributed by atoms with van der Waals surface area (Å²) >= 11 is 0. The van der Waals surface area contributed by atoms with Gasteiger partial charge in [-0.15, -0.1) is 0 Å². The van der Waals surface area contributed by atoms with Gasteiger partial charge in [0.2, 0.25) is 0 Å². The molecule has 0 radical (unpaired) electrons. The van der Waals surface area contributed by atoms with Gasteiger partial charge in [-0.3, -0.25) is 9.59 Å². The highest BCUT2D eigenvalue weighted by molar-refractivity contribution is 6.07. The van der Waals surface area contributed by atoms with E-state index in [9.17, 15) is 9.59 Å². The molecule has 5 nitrogen and oxygen atoms in total. The summed E-state index contributed by atoms with van der Waals surface area (Å²) in [5, 5.41) is 5.70. The predicted octanol–water partition coefficient (Wildman–Crippen LogP) is 4.82. The van der Waals surface area contributed by atoms with E-state index in [0.29, 0.717) is 28.3 Å². The summed E-state index contributed by atoms with van der Waals surface area (Å²) < 4.78 is 5.24. The molecule has 0 atom stereocenters. The van der Waals surface area contributed by atoms with Crippen LogP contribution in [-0.4, -0.2) is 18.9 Å². The van der Waals surface area contributed by atoms with E-state index in [2.05, 4.69) is 10.6 Å². The lowest BCUT2D eigenvalue weighted by atomic mass is 10.0. The topological polar surface area (TPSA) is 67.4 Å². The lowest BCUT2D eigenvalue weighted by molar-refractivity contribution is 0.101. The molecule has 5 heteroatoms. The zero-order valence-corrected chi connectivity index (χ0v) is 16.1. The van der Waals surface area contributed by atoms with Crippen molar-refractivity contribution in [2.24, 2.45) is 0 Å². The Bertz CT molecular complexity index is 1010. The third-order valence-corrected chi connectivity index (χ3v) is 4.61. The number of para-hydroxylation sites is 2. The second kappa shape index (κ2) is 8.39. The first-order chi connectivity index (χ1) is 13.5. The molecule has 0 saturated heterocycles. The van der Waals surface area contributed by atoms with Crippen molar-refractivity contribution in [2.45, 2.75) is 13.8 Å². The van der Waals surface area contributed by atoms with Crippen molar-refractivity contribution in [3.8, 4) is 5.75 Å². The first kappa shape index (κ1) is 19.2. The maximum absolute atomic E-state index is 12.5. The van der Waals surface area contributed by atoms with E-state index in [1.54, 1.807) is 49.6 Å². The van der Waals surface area contributed by atoms with Gasteiger partial charge in [0, 0.05) is 16.8 Å². The van der Waals surface area contributed by atoms with Crippen LogP contribution in [0.15, 0.2) is 66.7 Å². The van der Waals surface area contributed by atoms with E-state index in [0.717, 1.165) is 11.1 Å². The maximum atomic E-state index is 12.5. The van der Waals surface area contributed by atoms with Crippen molar-refractivity contribution < 1.29 is 14.3 Å². The van der Waals surface area contributed by atoms with Crippen LogP contribution >= 0.6 is 0 Å². The van der Waals surface area contributed by atoms with Gasteiger partial charge in [0.1, 0.15) is 5.75 Å². The average Bonchev–Trinajstić information content (AvgIpc) is 2.71. The zero-order valence-electron chi connectivity index (χ0n) is 16.1. The Morgan fingerprint density at radius 3 is 2.21 bits per heavy atom. The lowest BCUT2D eigenvalue weighted by Gasteiger charge is -2.11. The summed E-state index contributed by atoms with van der Waals surface area (Å²) in [5.41, 5.74) is 4.36. The Kier molecular flexibility index (Phi) is 5.75. The van der Waals surface area contributed by atoms with Crippen molar-refractivity contribution in [1.82, 2.24) is 0 Å². The molecule has 0 spiro atoms. The van der Waals surface area contributed by atoms with Crippen LogP contribution in [0.25, 0.3) is 0 Å². The molecule has 0 unspecified atom stereocenters. The lowest BCUT2D eigenvalue weighted by Crippen LogP contribution is -2.15. The number of rotatable bonds is 5. The van der Waals surface area contributed by atoms with Gasteiger partial charge in [0.15, 0.2) is 0 Å². The number of carbonyl (C=O) groups excluding carboxylic acids is 2. The molecule has 0 fully saturated rings. The van der Waals surface area contributed by atoms with Crippen LogP contribution in [0.1, 0.15) is 31.8 Å². The van der Waals surface area contributed by atoms with Gasteiger partial charge >= 0.3 is 0 Å². The Labute approximate surface area is 164 Å². The highest BCUT2D eigenvalue weighted by Gasteiger charge is 2.12. The number of hydrogen-bond donors (Lipinski definition) is 2. The molecule has 2 amide bonds. The predicted molar refractivity (Wildman–Crippen MR) is 111 cm³/mol. The molecule has 0 bridgehead atoms. The molecule has 2 N–H and O–H groups in total. The smallest absolute Gasteiger partial charge is 0.255 e. The highest BCUT2D eigenvalue weighted by atomic mass is 16.5. The normalized spacial score (nSPS) is 10.2. The van der Waals surface area contributed by atoms with Crippen molar-refractivity contribution in [3.63, 3.8) is 0 Å². The molecule has 0 aliphatic heterocycles. The van der Waals surface area contributed by atoms with Crippen LogP contribution < -0.4 is 15.4 Å². The number of anilines is 2. The summed E-state index contributed by atoms with van der Waals surface area (Å²) in [7, 11) is 1.55. The van der Waals surface area contributed by atoms with Crippen LogP contribution in [0.5, 0.6) is 5.75 Å². The monoisotopic (exact) mass is 374 g/mol. The van der Waals surface area contributed by atoms with Crippen molar-refractivity contribution in [3.05, 3.63) is 89.0 Å². The van der Waals surface area contributed by atoms with Gasteiger partial charge in [0.25, 0.3) is 11.8 Å². The number of nitrogens with one attached hydrogen (secondary N) is 2. The molecule has 0 saturated carbocycles. The molecule has 0 heterocycles. The Morgan fingerprint density at radius 1 is 0.786 bits per heavy atom. The molecule has 142 valence electrons. The van der Waals surface area contributed by atoms with Crippen LogP contribution in [-0.2, 0) is 0 Å². The van der Waals surface area contributed by atoms with Gasteiger partial charge in [-0.1, -0.05) is 24.3 Å². The van der Waals surface area contributed by atoms with Crippen LogP contribution in [0, 0.1) is 13.8 Å². The molecule has 3 aromatic rings. The van der Waals surface area contributed by atoms with E-state index in [-0.39, 0.29) is 11.8 Å². The third kappa shape index (κ3) is 4.20. The third-order valence-electron chi connectivity index (χ3n) is 4.61. The number of methoxy groups -OCH3 is 1. The maximum Gasteiger partial charge on any atom is 0.255 e. The van der Waals surface area contributed by atoms with E-state index in [4.69, 9.17) is 4.74 Å². The number of hydrogen-bond acceptors (Lipinski definition) is 3. The van der Waals surface area contributed by atoms with Gasteiger partial charge in [-0.25, -0.2) is 0 Å². The van der Waals surface area contributed by atoms with E-state index >= 15 is 0 Å². The minimum Gasteiger partial charge on any atom is -0.495 e. The molecule has 3 rings (SSSR count). The number of amides is 2. The zero-order chi connectivity index (χ0) is 20.1. The van der Waals surface area contributed by atoms with E-state index in [1.807, 2.05) is 38.1 Å². The van der Waals surface area contributed by atoms with E-state index < -0.39 is 0 Å². The Hall–Kier alpha value is -3.60. The summed E-state index contributed by atoms with van der Waals surface area (Å²) in [6, 6.07) is 19.6. The van der Waals surface area contributed by atoms with Gasteiger partial charge in [-0.2, -0.15) is 0 Å². The summed E-state index contributed by atoms with van der Waals surface area (Å²) in [6.45, 7) is 3.90. The van der Waals surface area contributed by atoms with Crippen LogP contribution in [0.4, 0.5) is 11.4 Å². The number of carbonyl (C=O) groups is 2. The first-order valence-electron chi connectivity index (χ1n) is 8.91. The SMILES string of the molecule is COc1ccccc1NC(=O)c1ccc(NC(=O)c2cccc(C)c2C)cc1.